The highest BCUT2D eigenvalue weighted by Gasteiger charge is 2.56. The third-order valence-electron chi connectivity index (χ3n) is 6.09. The van der Waals surface area contributed by atoms with Gasteiger partial charge in [-0.15, -0.1) is 0 Å². The number of halogens is 3. The number of nitrogens with one attached hydrogen (secondary N) is 2. The van der Waals surface area contributed by atoms with E-state index in [-0.39, 0.29) is 12.0 Å². The molecule has 30 heavy (non-hydrogen) atoms. The molecule has 0 amide bonds. The third-order valence-corrected chi connectivity index (χ3v) is 6.09. The Balaban J connectivity index is 1.57. The van der Waals surface area contributed by atoms with Gasteiger partial charge in [-0.1, -0.05) is 44.2 Å². The molecule has 4 rings (SSSR count). The van der Waals surface area contributed by atoms with Crippen LogP contribution in [0.2, 0.25) is 0 Å². The molecule has 3 unspecified atom stereocenters. The van der Waals surface area contributed by atoms with Gasteiger partial charge >= 0.3 is 6.18 Å². The Morgan fingerprint density at radius 1 is 1.30 bits per heavy atom. The standard InChI is InChI=1S/C22H26F3N3O2/c1-20(2,16-6-3-5-14-9-10-30-19(14)16)12-21(29,22(23,24)25)13-26-17-7-4-8-18-15(17)11-27-28-18/h3-8,11,15,18,26,28-29H,9-10,12-13H2,1-2H3. The number of hydrazone groups is 1. The first kappa shape index (κ1) is 20.8. The molecule has 1 aliphatic carbocycles. The minimum absolute atomic E-state index is 0.0861. The molecule has 0 bridgehead atoms. The molecule has 8 heteroatoms. The summed E-state index contributed by atoms with van der Waals surface area (Å²) < 4.78 is 47.9. The Morgan fingerprint density at radius 3 is 2.87 bits per heavy atom. The zero-order valence-electron chi connectivity index (χ0n) is 17.0. The van der Waals surface area contributed by atoms with Crippen molar-refractivity contribution in [3.05, 3.63) is 53.3 Å². The Kier molecular flexibility index (Phi) is 5.08. The first-order valence-electron chi connectivity index (χ1n) is 10.1. The number of alkyl halides is 3. The van der Waals surface area contributed by atoms with Crippen molar-refractivity contribution in [2.75, 3.05) is 13.2 Å². The largest absolute Gasteiger partial charge is 0.493 e. The van der Waals surface area contributed by atoms with Crippen molar-refractivity contribution in [1.82, 2.24) is 10.7 Å². The van der Waals surface area contributed by atoms with Gasteiger partial charge in [-0.25, -0.2) is 0 Å². The SMILES string of the molecule is CC(C)(CC(O)(CNC1=CC=CC2NN=CC12)C(F)(F)F)c1cccc2c1OCC2. The maximum absolute atomic E-state index is 14.1. The first-order chi connectivity index (χ1) is 14.1. The number of nitrogens with zero attached hydrogens (tertiary/aromatic N) is 1. The van der Waals surface area contributed by atoms with E-state index >= 15 is 0 Å². The summed E-state index contributed by atoms with van der Waals surface area (Å²) in [6.07, 6.45) is 2.49. The fourth-order valence-corrected chi connectivity index (χ4v) is 4.47. The summed E-state index contributed by atoms with van der Waals surface area (Å²) in [5, 5.41) is 17.7. The highest BCUT2D eigenvalue weighted by Crippen LogP contribution is 2.45. The molecule has 3 N–H and O–H groups in total. The summed E-state index contributed by atoms with van der Waals surface area (Å²) in [6.45, 7) is 3.31. The topological polar surface area (TPSA) is 65.9 Å². The zero-order chi connectivity index (χ0) is 21.6. The maximum Gasteiger partial charge on any atom is 0.418 e. The van der Waals surface area contributed by atoms with Crippen LogP contribution in [-0.2, 0) is 11.8 Å². The molecule has 3 atom stereocenters. The molecule has 5 nitrogen and oxygen atoms in total. The van der Waals surface area contributed by atoms with E-state index in [1.54, 1.807) is 38.3 Å². The zero-order valence-corrected chi connectivity index (χ0v) is 17.0. The van der Waals surface area contributed by atoms with Gasteiger partial charge in [0.1, 0.15) is 5.75 Å². The van der Waals surface area contributed by atoms with Crippen LogP contribution in [0.15, 0.2) is 47.2 Å². The lowest BCUT2D eigenvalue weighted by molar-refractivity contribution is -0.264. The Labute approximate surface area is 173 Å². The molecule has 162 valence electrons. The fraction of sp³-hybridized carbons (Fsp3) is 0.500. The molecular weight excluding hydrogens is 395 g/mol. The van der Waals surface area contributed by atoms with Crippen LogP contribution in [0.3, 0.4) is 0 Å². The number of ether oxygens (including phenoxy) is 1. The molecule has 0 fully saturated rings. The van der Waals surface area contributed by atoms with E-state index in [0.29, 0.717) is 23.6 Å². The van der Waals surface area contributed by atoms with Gasteiger partial charge in [0.2, 0.25) is 0 Å². The Morgan fingerprint density at radius 2 is 2.10 bits per heavy atom. The molecule has 0 radical (unpaired) electrons. The van der Waals surface area contributed by atoms with Gasteiger partial charge in [-0.3, -0.25) is 0 Å². The van der Waals surface area contributed by atoms with E-state index < -0.39 is 30.2 Å². The lowest BCUT2D eigenvalue weighted by Gasteiger charge is -2.39. The normalized spacial score (nSPS) is 24.4. The summed E-state index contributed by atoms with van der Waals surface area (Å²) in [5.41, 5.74) is 1.31. The van der Waals surface area contributed by atoms with Crippen LogP contribution in [0, 0.1) is 5.92 Å². The van der Waals surface area contributed by atoms with Crippen molar-refractivity contribution in [2.45, 2.75) is 49.9 Å². The molecule has 3 aliphatic rings. The molecule has 2 heterocycles. The average Bonchev–Trinajstić information content (AvgIpc) is 3.33. The Bertz CT molecular complexity index is 907. The monoisotopic (exact) mass is 421 g/mol. The van der Waals surface area contributed by atoms with Crippen LogP contribution in [-0.4, -0.2) is 42.3 Å². The van der Waals surface area contributed by atoms with Gasteiger partial charge in [-0.05, 0) is 23.5 Å². The highest BCUT2D eigenvalue weighted by atomic mass is 19.4. The van der Waals surface area contributed by atoms with Crippen molar-refractivity contribution in [1.29, 1.82) is 0 Å². The van der Waals surface area contributed by atoms with E-state index in [0.717, 1.165) is 12.0 Å². The summed E-state index contributed by atoms with van der Waals surface area (Å²) in [4.78, 5) is 0. The van der Waals surface area contributed by atoms with Crippen LogP contribution in [0.5, 0.6) is 5.75 Å². The van der Waals surface area contributed by atoms with Crippen LogP contribution in [0.25, 0.3) is 0 Å². The number of fused-ring (bicyclic) bond motifs is 2. The molecule has 0 spiro atoms. The van der Waals surface area contributed by atoms with E-state index in [9.17, 15) is 18.3 Å². The van der Waals surface area contributed by atoms with Crippen molar-refractivity contribution in [3.63, 3.8) is 0 Å². The minimum Gasteiger partial charge on any atom is -0.493 e. The van der Waals surface area contributed by atoms with Gasteiger partial charge in [0.25, 0.3) is 0 Å². The number of para-hydroxylation sites is 1. The minimum atomic E-state index is -4.80. The van der Waals surface area contributed by atoms with Crippen LogP contribution in [0.4, 0.5) is 13.2 Å². The predicted octanol–water partition coefficient (Wildman–Crippen LogP) is 3.20. The number of allylic oxidation sites excluding steroid dienone is 2. The predicted molar refractivity (Wildman–Crippen MR) is 108 cm³/mol. The summed E-state index contributed by atoms with van der Waals surface area (Å²) in [7, 11) is 0. The first-order valence-corrected chi connectivity index (χ1v) is 10.1. The molecule has 0 saturated heterocycles. The molecule has 1 aromatic rings. The molecular formula is C22H26F3N3O2. The fourth-order valence-electron chi connectivity index (χ4n) is 4.47. The maximum atomic E-state index is 14.1. The molecule has 2 aliphatic heterocycles. The second-order valence-electron chi connectivity index (χ2n) is 8.80. The number of benzene rings is 1. The van der Waals surface area contributed by atoms with Gasteiger partial charge in [0, 0.05) is 23.9 Å². The lowest BCUT2D eigenvalue weighted by Crippen LogP contribution is -2.55. The van der Waals surface area contributed by atoms with Crippen LogP contribution >= 0.6 is 0 Å². The van der Waals surface area contributed by atoms with E-state index in [1.807, 2.05) is 18.2 Å². The van der Waals surface area contributed by atoms with Gasteiger partial charge < -0.3 is 20.6 Å². The second-order valence-corrected chi connectivity index (χ2v) is 8.80. The number of rotatable bonds is 6. The molecule has 0 saturated carbocycles. The lowest BCUT2D eigenvalue weighted by atomic mass is 9.74. The Hall–Kier alpha value is -2.48. The van der Waals surface area contributed by atoms with E-state index in [1.165, 1.54) is 0 Å². The van der Waals surface area contributed by atoms with Gasteiger partial charge in [-0.2, -0.15) is 18.3 Å². The highest BCUT2D eigenvalue weighted by molar-refractivity contribution is 5.69. The van der Waals surface area contributed by atoms with Crippen molar-refractivity contribution in [3.8, 4) is 5.75 Å². The number of aliphatic hydroxyl groups is 1. The smallest absolute Gasteiger partial charge is 0.418 e. The summed E-state index contributed by atoms with van der Waals surface area (Å²) in [6, 6.07) is 5.46. The van der Waals surface area contributed by atoms with Crippen LogP contribution in [0.1, 0.15) is 31.4 Å². The van der Waals surface area contributed by atoms with Gasteiger partial charge in [0.15, 0.2) is 5.60 Å². The van der Waals surface area contributed by atoms with Crippen molar-refractivity contribution in [2.24, 2.45) is 11.0 Å². The third kappa shape index (κ3) is 3.69. The van der Waals surface area contributed by atoms with Crippen molar-refractivity contribution < 1.29 is 23.0 Å². The van der Waals surface area contributed by atoms with E-state index in [2.05, 4.69) is 15.8 Å². The summed E-state index contributed by atoms with van der Waals surface area (Å²) in [5.74, 6) is 0.475. The average molecular weight is 421 g/mol. The molecule has 1 aromatic carbocycles. The quantitative estimate of drug-likeness (QED) is 0.660. The number of hydrogen-bond acceptors (Lipinski definition) is 5. The second kappa shape index (κ2) is 7.34. The van der Waals surface area contributed by atoms with Crippen molar-refractivity contribution >= 4 is 6.21 Å². The number of hydrogen-bond donors (Lipinski definition) is 3. The molecule has 0 aromatic heterocycles. The summed E-state index contributed by atoms with van der Waals surface area (Å²) >= 11 is 0. The van der Waals surface area contributed by atoms with E-state index in [4.69, 9.17) is 4.74 Å². The van der Waals surface area contributed by atoms with Gasteiger partial charge in [0.05, 0.1) is 25.1 Å². The van der Waals surface area contributed by atoms with Crippen LogP contribution < -0.4 is 15.5 Å².